The molecule has 0 aromatic carbocycles. The summed E-state index contributed by atoms with van der Waals surface area (Å²) in [5.74, 6) is -0.767. The fraction of sp³-hybridized carbons (Fsp3) is 0.727. The largest absolute Gasteiger partial charge is 0.350 e. The van der Waals surface area contributed by atoms with E-state index in [4.69, 9.17) is 0 Å². The van der Waals surface area contributed by atoms with Gasteiger partial charge in [0, 0.05) is 12.6 Å². The standard InChI is InChI=1S/C11H20N2O3/c1-8(14)6-10(16)13(5)7-9(15)12-11(2,3)4/h6-7H2,1-5H3,(H,12,15). The summed E-state index contributed by atoms with van der Waals surface area (Å²) in [5.41, 5.74) is -0.318. The average Bonchev–Trinajstić information content (AvgIpc) is 1.98. The van der Waals surface area contributed by atoms with Crippen molar-refractivity contribution in [1.82, 2.24) is 10.2 Å². The molecular formula is C11H20N2O3. The molecule has 0 radical (unpaired) electrons. The molecule has 0 fully saturated rings. The van der Waals surface area contributed by atoms with Gasteiger partial charge in [-0.15, -0.1) is 0 Å². The molecule has 0 saturated heterocycles. The van der Waals surface area contributed by atoms with E-state index in [1.807, 2.05) is 20.8 Å². The van der Waals surface area contributed by atoms with Crippen molar-refractivity contribution < 1.29 is 14.4 Å². The molecule has 0 aliphatic rings. The van der Waals surface area contributed by atoms with Crippen molar-refractivity contribution in [1.29, 1.82) is 0 Å². The topological polar surface area (TPSA) is 66.5 Å². The Kier molecular flexibility index (Phi) is 5.14. The minimum atomic E-state index is -0.337. The molecule has 0 aromatic heterocycles. The van der Waals surface area contributed by atoms with Gasteiger partial charge in [-0.05, 0) is 27.7 Å². The molecule has 5 heteroatoms. The molecule has 16 heavy (non-hydrogen) atoms. The normalized spacial score (nSPS) is 10.8. The smallest absolute Gasteiger partial charge is 0.240 e. The number of ketones is 1. The highest BCUT2D eigenvalue weighted by Gasteiger charge is 2.18. The van der Waals surface area contributed by atoms with E-state index >= 15 is 0 Å². The number of likely N-dealkylation sites (N-methyl/N-ethyl adjacent to an activating group) is 1. The second-order valence-electron chi connectivity index (χ2n) is 4.93. The van der Waals surface area contributed by atoms with Crippen LogP contribution in [0.15, 0.2) is 0 Å². The van der Waals surface area contributed by atoms with Gasteiger partial charge >= 0.3 is 0 Å². The third kappa shape index (κ3) is 6.98. The van der Waals surface area contributed by atoms with Gasteiger partial charge in [0.25, 0.3) is 0 Å². The van der Waals surface area contributed by atoms with Crippen LogP contribution in [0.2, 0.25) is 0 Å². The van der Waals surface area contributed by atoms with E-state index in [1.54, 1.807) is 0 Å². The van der Waals surface area contributed by atoms with Crippen molar-refractivity contribution in [3.8, 4) is 0 Å². The summed E-state index contributed by atoms with van der Waals surface area (Å²) in [7, 11) is 1.51. The Balaban J connectivity index is 4.14. The predicted octanol–water partition coefficient (Wildman–Crippen LogP) is 0.339. The van der Waals surface area contributed by atoms with Crippen LogP contribution in [0, 0.1) is 0 Å². The zero-order chi connectivity index (χ0) is 12.9. The minimum Gasteiger partial charge on any atom is -0.350 e. The first-order chi connectivity index (χ1) is 7.11. The van der Waals surface area contributed by atoms with Crippen LogP contribution in [0.3, 0.4) is 0 Å². The first kappa shape index (κ1) is 14.6. The van der Waals surface area contributed by atoms with Crippen molar-refractivity contribution in [2.45, 2.75) is 39.7 Å². The van der Waals surface area contributed by atoms with Gasteiger partial charge in [-0.3, -0.25) is 14.4 Å². The maximum atomic E-state index is 11.5. The van der Waals surface area contributed by atoms with Crippen LogP contribution in [-0.2, 0) is 14.4 Å². The van der Waals surface area contributed by atoms with Gasteiger partial charge in [0.1, 0.15) is 5.78 Å². The Bertz CT molecular complexity index is 292. The Morgan fingerprint density at radius 2 is 1.69 bits per heavy atom. The number of amides is 2. The molecule has 5 nitrogen and oxygen atoms in total. The molecule has 0 bridgehead atoms. The molecule has 0 rings (SSSR count). The summed E-state index contributed by atoms with van der Waals surface area (Å²) in [6, 6.07) is 0. The van der Waals surface area contributed by atoms with E-state index in [2.05, 4.69) is 5.32 Å². The lowest BCUT2D eigenvalue weighted by Gasteiger charge is -2.23. The SMILES string of the molecule is CC(=O)CC(=O)N(C)CC(=O)NC(C)(C)C. The van der Waals surface area contributed by atoms with E-state index in [-0.39, 0.29) is 36.1 Å². The number of nitrogens with one attached hydrogen (secondary N) is 1. The first-order valence-electron chi connectivity index (χ1n) is 5.16. The highest BCUT2D eigenvalue weighted by Crippen LogP contribution is 1.99. The fourth-order valence-electron chi connectivity index (χ4n) is 1.11. The summed E-state index contributed by atoms with van der Waals surface area (Å²) in [4.78, 5) is 34.8. The molecule has 0 saturated carbocycles. The maximum absolute atomic E-state index is 11.5. The van der Waals surface area contributed by atoms with E-state index in [0.717, 1.165) is 0 Å². The number of hydrogen-bond acceptors (Lipinski definition) is 3. The second-order valence-corrected chi connectivity index (χ2v) is 4.93. The van der Waals surface area contributed by atoms with Crippen molar-refractivity contribution in [3.63, 3.8) is 0 Å². The summed E-state index contributed by atoms with van der Waals surface area (Å²) in [6.07, 6.45) is -0.153. The quantitative estimate of drug-likeness (QED) is 0.705. The van der Waals surface area contributed by atoms with E-state index in [9.17, 15) is 14.4 Å². The van der Waals surface area contributed by atoms with Gasteiger partial charge in [-0.25, -0.2) is 0 Å². The molecule has 92 valence electrons. The van der Waals surface area contributed by atoms with E-state index < -0.39 is 0 Å². The lowest BCUT2D eigenvalue weighted by molar-refractivity contribution is -0.137. The Hall–Kier alpha value is -1.39. The van der Waals surface area contributed by atoms with E-state index in [1.165, 1.54) is 18.9 Å². The molecule has 0 unspecified atom stereocenters. The predicted molar refractivity (Wildman–Crippen MR) is 60.8 cm³/mol. The van der Waals surface area contributed by atoms with Gasteiger partial charge in [0.15, 0.2) is 0 Å². The third-order valence-corrected chi connectivity index (χ3v) is 1.72. The van der Waals surface area contributed by atoms with Crippen molar-refractivity contribution in [3.05, 3.63) is 0 Å². The Labute approximate surface area is 96.2 Å². The van der Waals surface area contributed by atoms with Crippen LogP contribution in [0.1, 0.15) is 34.1 Å². The second kappa shape index (κ2) is 5.63. The van der Waals surface area contributed by atoms with Crippen LogP contribution in [0.5, 0.6) is 0 Å². The van der Waals surface area contributed by atoms with Crippen molar-refractivity contribution in [2.75, 3.05) is 13.6 Å². The molecule has 0 spiro atoms. The zero-order valence-corrected chi connectivity index (χ0v) is 10.6. The summed E-state index contributed by atoms with van der Waals surface area (Å²) in [6.45, 7) is 6.91. The van der Waals surface area contributed by atoms with Gasteiger partial charge in [-0.2, -0.15) is 0 Å². The summed E-state index contributed by atoms with van der Waals surface area (Å²) < 4.78 is 0. The number of carbonyl (C=O) groups excluding carboxylic acids is 3. The van der Waals surface area contributed by atoms with Gasteiger partial charge < -0.3 is 10.2 Å². The average molecular weight is 228 g/mol. The molecule has 2 amide bonds. The van der Waals surface area contributed by atoms with Crippen molar-refractivity contribution >= 4 is 17.6 Å². The highest BCUT2D eigenvalue weighted by molar-refractivity contribution is 5.97. The van der Waals surface area contributed by atoms with Crippen LogP contribution in [0.4, 0.5) is 0 Å². The molecule has 1 N–H and O–H groups in total. The monoisotopic (exact) mass is 228 g/mol. The third-order valence-electron chi connectivity index (χ3n) is 1.72. The lowest BCUT2D eigenvalue weighted by Crippen LogP contribution is -2.46. The first-order valence-corrected chi connectivity index (χ1v) is 5.16. The number of carbonyl (C=O) groups is 3. The van der Waals surface area contributed by atoms with Crippen LogP contribution >= 0.6 is 0 Å². The minimum absolute atomic E-state index is 0.0244. The van der Waals surface area contributed by atoms with Crippen LogP contribution < -0.4 is 5.32 Å². The Morgan fingerprint density at radius 3 is 2.06 bits per heavy atom. The van der Waals surface area contributed by atoms with Crippen LogP contribution in [0.25, 0.3) is 0 Å². The lowest BCUT2D eigenvalue weighted by atomic mass is 10.1. The molecule has 0 atom stereocenters. The molecular weight excluding hydrogens is 208 g/mol. The van der Waals surface area contributed by atoms with Crippen LogP contribution in [-0.4, -0.2) is 41.6 Å². The molecule has 0 aliphatic carbocycles. The number of nitrogens with zero attached hydrogens (tertiary/aromatic N) is 1. The number of hydrogen-bond donors (Lipinski definition) is 1. The summed E-state index contributed by atoms with van der Waals surface area (Å²) >= 11 is 0. The van der Waals surface area contributed by atoms with Gasteiger partial charge in [0.2, 0.25) is 11.8 Å². The molecule has 0 heterocycles. The fourth-order valence-corrected chi connectivity index (χ4v) is 1.11. The molecule has 0 aliphatic heterocycles. The number of Topliss-reactive ketones (excluding diaryl/α,β-unsaturated/α-hetero) is 1. The van der Waals surface area contributed by atoms with Gasteiger partial charge in [-0.1, -0.05) is 0 Å². The summed E-state index contributed by atoms with van der Waals surface area (Å²) in [5, 5.41) is 2.74. The number of rotatable bonds is 4. The highest BCUT2D eigenvalue weighted by atomic mass is 16.2. The molecule has 0 aromatic rings. The maximum Gasteiger partial charge on any atom is 0.240 e. The van der Waals surface area contributed by atoms with E-state index in [0.29, 0.717) is 0 Å². The Morgan fingerprint density at radius 1 is 1.19 bits per heavy atom. The van der Waals surface area contributed by atoms with Gasteiger partial charge in [0.05, 0.1) is 13.0 Å². The zero-order valence-electron chi connectivity index (χ0n) is 10.6. The van der Waals surface area contributed by atoms with Crippen molar-refractivity contribution in [2.24, 2.45) is 0 Å².